The summed E-state index contributed by atoms with van der Waals surface area (Å²) >= 11 is 2.90. The number of nitrogens with one attached hydrogen (secondary N) is 1. The van der Waals surface area contributed by atoms with Crippen LogP contribution in [-0.4, -0.2) is 22.1 Å². The molecule has 0 bridgehead atoms. The first kappa shape index (κ1) is 17.1. The molecule has 1 aromatic heterocycles. The number of non-ortho nitro benzene ring substituents is 1. The predicted molar refractivity (Wildman–Crippen MR) is 100 cm³/mol. The van der Waals surface area contributed by atoms with Crippen molar-refractivity contribution in [3.05, 3.63) is 70.3 Å². The van der Waals surface area contributed by atoms with Crippen molar-refractivity contribution in [2.45, 2.75) is 4.34 Å². The van der Waals surface area contributed by atoms with Crippen molar-refractivity contribution in [2.75, 3.05) is 11.6 Å². The lowest BCUT2D eigenvalue weighted by Crippen LogP contribution is -2.11. The van der Waals surface area contributed by atoms with Gasteiger partial charge in [0, 0.05) is 23.3 Å². The van der Waals surface area contributed by atoms with Crippen LogP contribution in [0.15, 0.2) is 58.9 Å². The SMILES string of the molecule is CSc1nc(-c2ccccc2)c(NC(=O)c2ccc([N+](=O)[O-])cc2)s1. The first-order valence-electron chi connectivity index (χ1n) is 7.24. The van der Waals surface area contributed by atoms with E-state index in [-0.39, 0.29) is 11.6 Å². The van der Waals surface area contributed by atoms with Crippen LogP contribution in [0.2, 0.25) is 0 Å². The van der Waals surface area contributed by atoms with Crippen LogP contribution < -0.4 is 5.32 Å². The Morgan fingerprint density at radius 1 is 1.16 bits per heavy atom. The number of benzene rings is 2. The molecule has 8 heteroatoms. The summed E-state index contributed by atoms with van der Waals surface area (Å²) in [6.07, 6.45) is 1.93. The standard InChI is InChI=1S/C17H13N3O3S2/c1-24-17-18-14(11-5-3-2-4-6-11)16(25-17)19-15(21)12-7-9-13(10-8-12)20(22)23/h2-10H,1H3,(H,19,21). The second-order valence-electron chi connectivity index (χ2n) is 4.99. The molecule has 0 saturated carbocycles. The third kappa shape index (κ3) is 3.86. The van der Waals surface area contributed by atoms with Gasteiger partial charge in [-0.3, -0.25) is 14.9 Å². The van der Waals surface area contributed by atoms with Gasteiger partial charge in [-0.2, -0.15) is 0 Å². The predicted octanol–water partition coefficient (Wildman–Crippen LogP) is 4.69. The van der Waals surface area contributed by atoms with Gasteiger partial charge in [0.05, 0.1) is 4.92 Å². The fourth-order valence-corrected chi connectivity index (χ4v) is 3.66. The number of nitro benzene ring substituents is 1. The summed E-state index contributed by atoms with van der Waals surface area (Å²) < 4.78 is 0.845. The topological polar surface area (TPSA) is 85.1 Å². The van der Waals surface area contributed by atoms with Crippen molar-refractivity contribution < 1.29 is 9.72 Å². The zero-order chi connectivity index (χ0) is 17.8. The maximum Gasteiger partial charge on any atom is 0.269 e. The van der Waals surface area contributed by atoms with Gasteiger partial charge in [0.1, 0.15) is 10.7 Å². The highest BCUT2D eigenvalue weighted by Crippen LogP contribution is 2.37. The molecular formula is C17H13N3O3S2. The van der Waals surface area contributed by atoms with E-state index in [1.165, 1.54) is 47.4 Å². The van der Waals surface area contributed by atoms with Crippen molar-refractivity contribution in [3.63, 3.8) is 0 Å². The molecule has 0 radical (unpaired) electrons. The van der Waals surface area contributed by atoms with E-state index in [0.29, 0.717) is 16.3 Å². The quantitative estimate of drug-likeness (QED) is 0.399. The second-order valence-corrected chi connectivity index (χ2v) is 7.04. The number of rotatable bonds is 5. The van der Waals surface area contributed by atoms with E-state index in [9.17, 15) is 14.9 Å². The zero-order valence-electron chi connectivity index (χ0n) is 13.1. The number of nitro groups is 1. The highest BCUT2D eigenvalue weighted by Gasteiger charge is 2.16. The van der Waals surface area contributed by atoms with Crippen LogP contribution in [0, 0.1) is 10.1 Å². The number of thioether (sulfide) groups is 1. The number of amides is 1. The molecule has 0 unspecified atom stereocenters. The first-order valence-corrected chi connectivity index (χ1v) is 9.28. The largest absolute Gasteiger partial charge is 0.312 e. The van der Waals surface area contributed by atoms with E-state index in [0.717, 1.165) is 9.90 Å². The average Bonchev–Trinajstić information content (AvgIpc) is 3.05. The summed E-state index contributed by atoms with van der Waals surface area (Å²) in [6.45, 7) is 0. The Balaban J connectivity index is 1.88. The van der Waals surface area contributed by atoms with Gasteiger partial charge in [-0.15, -0.1) is 0 Å². The summed E-state index contributed by atoms with van der Waals surface area (Å²) in [5.41, 5.74) is 1.93. The summed E-state index contributed by atoms with van der Waals surface area (Å²) in [5.74, 6) is -0.330. The van der Waals surface area contributed by atoms with Crippen molar-refractivity contribution >= 4 is 39.7 Å². The Bertz CT molecular complexity index is 909. The molecule has 1 heterocycles. The lowest BCUT2D eigenvalue weighted by molar-refractivity contribution is -0.384. The molecule has 2 aromatic carbocycles. The molecule has 0 aliphatic heterocycles. The summed E-state index contributed by atoms with van der Waals surface area (Å²) in [7, 11) is 0. The summed E-state index contributed by atoms with van der Waals surface area (Å²) in [6, 6.07) is 15.1. The van der Waals surface area contributed by atoms with Crippen LogP contribution in [0.5, 0.6) is 0 Å². The monoisotopic (exact) mass is 371 g/mol. The van der Waals surface area contributed by atoms with E-state index in [4.69, 9.17) is 0 Å². The molecule has 1 N–H and O–H groups in total. The Kier molecular flexibility index (Phi) is 5.11. The van der Waals surface area contributed by atoms with E-state index in [1.807, 2.05) is 36.6 Å². The van der Waals surface area contributed by atoms with Crippen molar-refractivity contribution in [2.24, 2.45) is 0 Å². The lowest BCUT2D eigenvalue weighted by Gasteiger charge is -2.05. The molecular weight excluding hydrogens is 358 g/mol. The third-order valence-corrected chi connectivity index (χ3v) is 5.35. The van der Waals surface area contributed by atoms with Crippen LogP contribution in [0.1, 0.15) is 10.4 Å². The number of anilines is 1. The van der Waals surface area contributed by atoms with Gasteiger partial charge in [-0.05, 0) is 18.4 Å². The van der Waals surface area contributed by atoms with Gasteiger partial charge in [-0.25, -0.2) is 4.98 Å². The van der Waals surface area contributed by atoms with Crippen molar-refractivity contribution in [1.82, 2.24) is 4.98 Å². The molecule has 0 saturated heterocycles. The molecule has 3 rings (SSSR count). The molecule has 0 fully saturated rings. The lowest BCUT2D eigenvalue weighted by atomic mass is 10.1. The molecule has 1 amide bonds. The summed E-state index contributed by atoms with van der Waals surface area (Å²) in [4.78, 5) is 27.2. The highest BCUT2D eigenvalue weighted by molar-refractivity contribution is 8.00. The van der Waals surface area contributed by atoms with E-state index >= 15 is 0 Å². The molecule has 25 heavy (non-hydrogen) atoms. The number of thiazole rings is 1. The first-order chi connectivity index (χ1) is 12.1. The minimum atomic E-state index is -0.497. The molecule has 0 spiro atoms. The number of aromatic nitrogens is 1. The fraction of sp³-hybridized carbons (Fsp3) is 0.0588. The second kappa shape index (κ2) is 7.45. The zero-order valence-corrected chi connectivity index (χ0v) is 14.8. The van der Waals surface area contributed by atoms with Gasteiger partial charge in [-0.1, -0.05) is 53.4 Å². The van der Waals surface area contributed by atoms with E-state index < -0.39 is 4.92 Å². The van der Waals surface area contributed by atoms with Gasteiger partial charge in [0.2, 0.25) is 0 Å². The Hall–Kier alpha value is -2.71. The Morgan fingerprint density at radius 2 is 1.84 bits per heavy atom. The number of hydrogen-bond donors (Lipinski definition) is 1. The number of carbonyl (C=O) groups is 1. The van der Waals surface area contributed by atoms with Crippen molar-refractivity contribution in [1.29, 1.82) is 0 Å². The van der Waals surface area contributed by atoms with Gasteiger partial charge >= 0.3 is 0 Å². The minimum Gasteiger partial charge on any atom is -0.312 e. The number of hydrogen-bond acceptors (Lipinski definition) is 6. The van der Waals surface area contributed by atoms with Crippen LogP contribution >= 0.6 is 23.1 Å². The maximum atomic E-state index is 12.5. The van der Waals surface area contributed by atoms with Crippen LogP contribution in [0.25, 0.3) is 11.3 Å². The molecule has 126 valence electrons. The minimum absolute atomic E-state index is 0.0519. The highest BCUT2D eigenvalue weighted by atomic mass is 32.2. The van der Waals surface area contributed by atoms with Gasteiger partial charge < -0.3 is 5.32 Å². The van der Waals surface area contributed by atoms with Gasteiger partial charge in [0.15, 0.2) is 4.34 Å². The average molecular weight is 371 g/mol. The summed E-state index contributed by atoms with van der Waals surface area (Å²) in [5, 5.41) is 14.2. The van der Waals surface area contributed by atoms with Crippen molar-refractivity contribution in [3.8, 4) is 11.3 Å². The van der Waals surface area contributed by atoms with E-state index in [2.05, 4.69) is 10.3 Å². The normalized spacial score (nSPS) is 10.4. The maximum absolute atomic E-state index is 12.5. The molecule has 0 aliphatic rings. The van der Waals surface area contributed by atoms with Crippen LogP contribution in [0.3, 0.4) is 0 Å². The smallest absolute Gasteiger partial charge is 0.269 e. The molecule has 6 nitrogen and oxygen atoms in total. The van der Waals surface area contributed by atoms with Crippen LogP contribution in [0.4, 0.5) is 10.7 Å². The molecule has 0 aliphatic carbocycles. The third-order valence-electron chi connectivity index (χ3n) is 3.40. The molecule has 3 aromatic rings. The number of nitrogens with zero attached hydrogens (tertiary/aromatic N) is 2. The van der Waals surface area contributed by atoms with Crippen LogP contribution in [-0.2, 0) is 0 Å². The van der Waals surface area contributed by atoms with E-state index in [1.54, 1.807) is 0 Å². The number of carbonyl (C=O) groups excluding carboxylic acids is 1. The Morgan fingerprint density at radius 3 is 2.44 bits per heavy atom. The van der Waals surface area contributed by atoms with Gasteiger partial charge in [0.25, 0.3) is 11.6 Å². The fourth-order valence-electron chi connectivity index (χ4n) is 2.17. The Labute approximate surface area is 152 Å². The molecule has 0 atom stereocenters.